The van der Waals surface area contributed by atoms with Gasteiger partial charge in [-0.3, -0.25) is 0 Å². The highest BCUT2D eigenvalue weighted by atomic mass is 32.1. The molecule has 0 unspecified atom stereocenters. The second kappa shape index (κ2) is 4.83. The van der Waals surface area contributed by atoms with Crippen molar-refractivity contribution in [2.24, 2.45) is 0 Å². The van der Waals surface area contributed by atoms with Crippen LogP contribution in [0.1, 0.15) is 38.2 Å². The van der Waals surface area contributed by atoms with Gasteiger partial charge in [0.15, 0.2) is 5.11 Å². The number of hydrogen-bond acceptors (Lipinski definition) is 1. The van der Waals surface area contributed by atoms with E-state index in [1.807, 2.05) is 0 Å². The lowest BCUT2D eigenvalue weighted by Crippen LogP contribution is -2.30. The summed E-state index contributed by atoms with van der Waals surface area (Å²) in [6.07, 6.45) is 2.49. The summed E-state index contributed by atoms with van der Waals surface area (Å²) < 4.78 is 0. The highest BCUT2D eigenvalue weighted by molar-refractivity contribution is 7.80. The van der Waals surface area contributed by atoms with Gasteiger partial charge in [0, 0.05) is 11.7 Å². The molecular weight excluding hydrogens is 216 g/mol. The molecule has 1 saturated carbocycles. The smallest absolute Gasteiger partial charge is 0.170 e. The Morgan fingerprint density at radius 3 is 2.38 bits per heavy atom. The van der Waals surface area contributed by atoms with E-state index >= 15 is 0 Å². The quantitative estimate of drug-likeness (QED) is 0.785. The highest BCUT2D eigenvalue weighted by Crippen LogP contribution is 2.20. The first-order valence-corrected chi connectivity index (χ1v) is 6.23. The van der Waals surface area contributed by atoms with Gasteiger partial charge in [-0.15, -0.1) is 0 Å². The Balaban J connectivity index is 1.90. The SMILES string of the molecule is CC(C)c1ccc(NC(=S)NC2CC2)cc1. The van der Waals surface area contributed by atoms with Gasteiger partial charge in [-0.2, -0.15) is 0 Å². The van der Waals surface area contributed by atoms with Gasteiger partial charge in [-0.05, 0) is 48.7 Å². The Kier molecular flexibility index (Phi) is 3.44. The molecule has 2 nitrogen and oxygen atoms in total. The standard InChI is InChI=1S/C13H18N2S/c1-9(2)10-3-5-11(6-4-10)14-13(16)15-12-7-8-12/h3-6,9,12H,7-8H2,1-2H3,(H2,14,15,16). The minimum absolute atomic E-state index is 0.575. The summed E-state index contributed by atoms with van der Waals surface area (Å²) in [5.41, 5.74) is 2.41. The normalized spacial score (nSPS) is 14.9. The molecule has 0 saturated heterocycles. The summed E-state index contributed by atoms with van der Waals surface area (Å²) in [6, 6.07) is 9.06. The number of thiocarbonyl (C=S) groups is 1. The average molecular weight is 234 g/mol. The van der Waals surface area contributed by atoms with E-state index in [2.05, 4.69) is 48.7 Å². The predicted octanol–water partition coefficient (Wildman–Crippen LogP) is 3.26. The maximum atomic E-state index is 5.21. The number of hydrogen-bond donors (Lipinski definition) is 2. The van der Waals surface area contributed by atoms with E-state index < -0.39 is 0 Å². The first kappa shape index (κ1) is 11.4. The van der Waals surface area contributed by atoms with Gasteiger partial charge in [-0.25, -0.2) is 0 Å². The average Bonchev–Trinajstić information content (AvgIpc) is 3.02. The van der Waals surface area contributed by atoms with Crippen molar-refractivity contribution in [3.05, 3.63) is 29.8 Å². The van der Waals surface area contributed by atoms with E-state index in [1.54, 1.807) is 0 Å². The van der Waals surface area contributed by atoms with Crippen LogP contribution in [-0.4, -0.2) is 11.2 Å². The van der Waals surface area contributed by atoms with Gasteiger partial charge in [0.2, 0.25) is 0 Å². The molecule has 0 aliphatic heterocycles. The zero-order valence-electron chi connectivity index (χ0n) is 9.79. The molecule has 1 aromatic rings. The third-order valence-electron chi connectivity index (χ3n) is 2.75. The Morgan fingerprint density at radius 1 is 1.25 bits per heavy atom. The predicted molar refractivity (Wildman–Crippen MR) is 72.9 cm³/mol. The Labute approximate surface area is 102 Å². The van der Waals surface area contributed by atoms with Gasteiger partial charge in [0.1, 0.15) is 0 Å². The van der Waals surface area contributed by atoms with E-state index in [0.29, 0.717) is 12.0 Å². The van der Waals surface area contributed by atoms with Crippen LogP contribution in [0.2, 0.25) is 0 Å². The molecule has 0 spiro atoms. The lowest BCUT2D eigenvalue weighted by atomic mass is 10.0. The molecule has 0 atom stereocenters. The van der Waals surface area contributed by atoms with Crippen LogP contribution in [0.15, 0.2) is 24.3 Å². The van der Waals surface area contributed by atoms with Gasteiger partial charge in [0.25, 0.3) is 0 Å². The van der Waals surface area contributed by atoms with Crippen LogP contribution in [0.3, 0.4) is 0 Å². The largest absolute Gasteiger partial charge is 0.360 e. The molecular formula is C13H18N2S. The molecule has 0 heterocycles. The van der Waals surface area contributed by atoms with Crippen molar-refractivity contribution in [3.8, 4) is 0 Å². The number of nitrogens with one attached hydrogen (secondary N) is 2. The molecule has 86 valence electrons. The van der Waals surface area contributed by atoms with E-state index in [9.17, 15) is 0 Å². The summed E-state index contributed by atoms with van der Waals surface area (Å²) in [4.78, 5) is 0. The fourth-order valence-electron chi connectivity index (χ4n) is 1.53. The lowest BCUT2D eigenvalue weighted by Gasteiger charge is -2.11. The fourth-order valence-corrected chi connectivity index (χ4v) is 1.82. The third kappa shape index (κ3) is 3.20. The third-order valence-corrected chi connectivity index (χ3v) is 2.97. The van der Waals surface area contributed by atoms with Crippen molar-refractivity contribution in [1.82, 2.24) is 5.32 Å². The van der Waals surface area contributed by atoms with Crippen LogP contribution in [-0.2, 0) is 0 Å². The zero-order valence-corrected chi connectivity index (χ0v) is 10.6. The lowest BCUT2D eigenvalue weighted by molar-refractivity contribution is 0.867. The summed E-state index contributed by atoms with van der Waals surface area (Å²) in [5, 5.41) is 7.20. The second-order valence-corrected chi connectivity index (χ2v) is 5.06. The van der Waals surface area contributed by atoms with E-state index in [0.717, 1.165) is 10.8 Å². The number of anilines is 1. The molecule has 1 aliphatic carbocycles. The number of benzene rings is 1. The Morgan fingerprint density at radius 2 is 1.88 bits per heavy atom. The fraction of sp³-hybridized carbons (Fsp3) is 0.462. The molecule has 1 aromatic carbocycles. The summed E-state index contributed by atoms with van der Waals surface area (Å²) in [7, 11) is 0. The van der Waals surface area contributed by atoms with Crippen LogP contribution in [0.25, 0.3) is 0 Å². The van der Waals surface area contributed by atoms with Crippen molar-refractivity contribution < 1.29 is 0 Å². The second-order valence-electron chi connectivity index (χ2n) is 4.65. The van der Waals surface area contributed by atoms with Crippen LogP contribution in [0, 0.1) is 0 Å². The molecule has 0 amide bonds. The molecule has 0 aromatic heterocycles. The Hall–Kier alpha value is -1.09. The highest BCUT2D eigenvalue weighted by Gasteiger charge is 2.21. The van der Waals surface area contributed by atoms with Crippen molar-refractivity contribution >= 4 is 23.0 Å². The Bertz CT molecular complexity index is 366. The van der Waals surface area contributed by atoms with Crippen molar-refractivity contribution in [1.29, 1.82) is 0 Å². The van der Waals surface area contributed by atoms with Gasteiger partial charge >= 0.3 is 0 Å². The van der Waals surface area contributed by atoms with Crippen LogP contribution in [0.5, 0.6) is 0 Å². The topological polar surface area (TPSA) is 24.1 Å². The molecule has 3 heteroatoms. The minimum Gasteiger partial charge on any atom is -0.360 e. The number of rotatable bonds is 3. The van der Waals surface area contributed by atoms with Crippen molar-refractivity contribution in [2.75, 3.05) is 5.32 Å². The van der Waals surface area contributed by atoms with E-state index in [1.165, 1.54) is 18.4 Å². The van der Waals surface area contributed by atoms with Gasteiger partial charge in [0.05, 0.1) is 0 Å². The molecule has 2 N–H and O–H groups in total. The van der Waals surface area contributed by atoms with Crippen LogP contribution < -0.4 is 10.6 Å². The van der Waals surface area contributed by atoms with Gasteiger partial charge in [-0.1, -0.05) is 26.0 Å². The molecule has 2 rings (SSSR count). The van der Waals surface area contributed by atoms with Crippen molar-refractivity contribution in [3.63, 3.8) is 0 Å². The summed E-state index contributed by atoms with van der Waals surface area (Å²) >= 11 is 5.21. The minimum atomic E-state index is 0.575. The maximum absolute atomic E-state index is 5.21. The first-order chi connectivity index (χ1) is 7.65. The van der Waals surface area contributed by atoms with Crippen LogP contribution >= 0.6 is 12.2 Å². The molecule has 16 heavy (non-hydrogen) atoms. The summed E-state index contributed by atoms with van der Waals surface area (Å²) in [6.45, 7) is 4.39. The molecule has 1 aliphatic rings. The maximum Gasteiger partial charge on any atom is 0.170 e. The van der Waals surface area contributed by atoms with E-state index in [4.69, 9.17) is 12.2 Å². The van der Waals surface area contributed by atoms with E-state index in [-0.39, 0.29) is 0 Å². The van der Waals surface area contributed by atoms with Gasteiger partial charge < -0.3 is 10.6 Å². The summed E-state index contributed by atoms with van der Waals surface area (Å²) in [5.74, 6) is 0.575. The molecule has 0 radical (unpaired) electrons. The first-order valence-electron chi connectivity index (χ1n) is 5.82. The molecule has 0 bridgehead atoms. The van der Waals surface area contributed by atoms with Crippen LogP contribution in [0.4, 0.5) is 5.69 Å². The zero-order chi connectivity index (χ0) is 11.5. The molecule has 1 fully saturated rings. The van der Waals surface area contributed by atoms with Crippen molar-refractivity contribution in [2.45, 2.75) is 38.6 Å². The monoisotopic (exact) mass is 234 g/mol.